The molecule has 1 fully saturated rings. The summed E-state index contributed by atoms with van der Waals surface area (Å²) in [6, 6.07) is 14.2. The molecule has 10 heteroatoms. The summed E-state index contributed by atoms with van der Waals surface area (Å²) in [7, 11) is 0. The maximum Gasteiger partial charge on any atom is 0.293 e. The number of nitro groups is 1. The van der Waals surface area contributed by atoms with Gasteiger partial charge < -0.3 is 4.42 Å². The van der Waals surface area contributed by atoms with Crippen LogP contribution in [0.5, 0.6) is 0 Å². The standard InChI is InChI=1S/C21H12Cl2N2O5S/c22-13-3-1-12(2-4-13)11-24-20(26)19(31-21(24)27)10-15-6-8-18(30-15)16-7-5-14(23)9-17(16)25(28)29/h1-10H,11H2/b19-10+. The third kappa shape index (κ3) is 4.51. The fourth-order valence-corrected chi connectivity index (χ4v) is 4.09. The number of carbonyl (C=O) groups excluding carboxylic acids is 2. The quantitative estimate of drug-likeness (QED) is 0.241. The van der Waals surface area contributed by atoms with Gasteiger partial charge in [-0.3, -0.25) is 24.6 Å². The predicted molar refractivity (Wildman–Crippen MR) is 119 cm³/mol. The Kier molecular flexibility index (Phi) is 5.86. The lowest BCUT2D eigenvalue weighted by Gasteiger charge is -2.12. The highest BCUT2D eigenvalue weighted by atomic mass is 35.5. The first kappa shape index (κ1) is 21.2. The van der Waals surface area contributed by atoms with Crippen molar-refractivity contribution in [3.63, 3.8) is 0 Å². The highest BCUT2D eigenvalue weighted by molar-refractivity contribution is 8.18. The van der Waals surface area contributed by atoms with Crippen molar-refractivity contribution >= 4 is 57.9 Å². The van der Waals surface area contributed by atoms with Crippen LogP contribution in [0.2, 0.25) is 10.0 Å². The van der Waals surface area contributed by atoms with Gasteiger partial charge in [0, 0.05) is 22.2 Å². The second kappa shape index (κ2) is 8.58. The van der Waals surface area contributed by atoms with Crippen LogP contribution in [-0.2, 0) is 11.3 Å². The Balaban J connectivity index is 1.57. The van der Waals surface area contributed by atoms with E-state index in [0.717, 1.165) is 22.2 Å². The van der Waals surface area contributed by atoms with Gasteiger partial charge in [0.15, 0.2) is 0 Å². The number of furan rings is 1. The van der Waals surface area contributed by atoms with Gasteiger partial charge in [-0.05, 0) is 53.7 Å². The lowest BCUT2D eigenvalue weighted by Crippen LogP contribution is -2.27. The van der Waals surface area contributed by atoms with Crippen LogP contribution in [0.15, 0.2) is 63.9 Å². The van der Waals surface area contributed by atoms with E-state index in [1.165, 1.54) is 24.3 Å². The smallest absolute Gasteiger partial charge is 0.293 e. The molecule has 1 aliphatic rings. The van der Waals surface area contributed by atoms with Gasteiger partial charge >= 0.3 is 0 Å². The molecule has 156 valence electrons. The molecule has 0 saturated carbocycles. The Hall–Kier alpha value is -3.07. The van der Waals surface area contributed by atoms with Crippen molar-refractivity contribution in [2.24, 2.45) is 0 Å². The Morgan fingerprint density at radius 1 is 1.03 bits per heavy atom. The van der Waals surface area contributed by atoms with Gasteiger partial charge in [0.05, 0.1) is 21.9 Å². The minimum Gasteiger partial charge on any atom is -0.456 e. The molecule has 0 radical (unpaired) electrons. The predicted octanol–water partition coefficient (Wildman–Crippen LogP) is 6.40. The third-order valence-corrected chi connectivity index (χ3v) is 5.84. The average Bonchev–Trinajstić information content (AvgIpc) is 3.29. The summed E-state index contributed by atoms with van der Waals surface area (Å²) < 4.78 is 5.68. The number of rotatable bonds is 5. The van der Waals surface area contributed by atoms with Crippen LogP contribution in [0.1, 0.15) is 11.3 Å². The molecule has 0 unspecified atom stereocenters. The molecule has 4 rings (SSSR count). The Morgan fingerprint density at radius 2 is 1.74 bits per heavy atom. The van der Waals surface area contributed by atoms with Crippen LogP contribution in [0, 0.1) is 10.1 Å². The van der Waals surface area contributed by atoms with Crippen molar-refractivity contribution in [2.75, 3.05) is 0 Å². The summed E-state index contributed by atoms with van der Waals surface area (Å²) in [5, 5.41) is 11.7. The highest BCUT2D eigenvalue weighted by Crippen LogP contribution is 2.36. The van der Waals surface area contributed by atoms with E-state index in [2.05, 4.69) is 0 Å². The minimum atomic E-state index is -0.550. The van der Waals surface area contributed by atoms with E-state index in [4.69, 9.17) is 27.6 Å². The fraction of sp³-hybridized carbons (Fsp3) is 0.0476. The van der Waals surface area contributed by atoms with Gasteiger partial charge in [0.1, 0.15) is 11.5 Å². The van der Waals surface area contributed by atoms with Crippen molar-refractivity contribution in [2.45, 2.75) is 6.54 Å². The van der Waals surface area contributed by atoms with Crippen molar-refractivity contribution < 1.29 is 18.9 Å². The van der Waals surface area contributed by atoms with Crippen molar-refractivity contribution in [1.29, 1.82) is 0 Å². The molecule has 7 nitrogen and oxygen atoms in total. The van der Waals surface area contributed by atoms with Crippen LogP contribution < -0.4 is 0 Å². The van der Waals surface area contributed by atoms with E-state index in [1.807, 2.05) is 0 Å². The lowest BCUT2D eigenvalue weighted by atomic mass is 10.1. The first-order valence-corrected chi connectivity index (χ1v) is 10.4. The molecule has 2 aromatic carbocycles. The van der Waals surface area contributed by atoms with Gasteiger partial charge in [-0.25, -0.2) is 0 Å². The summed E-state index contributed by atoms with van der Waals surface area (Å²) in [6.45, 7) is 0.125. The van der Waals surface area contributed by atoms with Gasteiger partial charge in [0.2, 0.25) is 0 Å². The fourth-order valence-electron chi connectivity index (χ4n) is 2.98. The second-order valence-corrected chi connectivity index (χ2v) is 8.38. The number of halogens is 2. The maximum absolute atomic E-state index is 12.7. The Morgan fingerprint density at radius 3 is 2.45 bits per heavy atom. The number of hydrogen-bond donors (Lipinski definition) is 0. The number of hydrogen-bond acceptors (Lipinski definition) is 6. The maximum atomic E-state index is 12.7. The number of benzene rings is 2. The summed E-state index contributed by atoms with van der Waals surface area (Å²) >= 11 is 12.5. The molecule has 1 aromatic heterocycles. The molecule has 0 spiro atoms. The minimum absolute atomic E-state index is 0.125. The Bertz CT molecular complexity index is 1240. The molecule has 1 saturated heterocycles. The number of nitro benzene ring substituents is 1. The topological polar surface area (TPSA) is 93.7 Å². The number of amides is 2. The zero-order chi connectivity index (χ0) is 22.1. The van der Waals surface area contributed by atoms with Crippen LogP contribution in [0.3, 0.4) is 0 Å². The number of nitrogens with zero attached hydrogens (tertiary/aromatic N) is 2. The Labute approximate surface area is 190 Å². The van der Waals surface area contributed by atoms with E-state index >= 15 is 0 Å². The van der Waals surface area contributed by atoms with Crippen molar-refractivity contribution in [3.05, 3.63) is 91.0 Å². The largest absolute Gasteiger partial charge is 0.456 e. The molecule has 1 aliphatic heterocycles. The van der Waals surface area contributed by atoms with Gasteiger partial charge in [-0.2, -0.15) is 0 Å². The average molecular weight is 475 g/mol. The van der Waals surface area contributed by atoms with Gasteiger partial charge in [-0.1, -0.05) is 35.3 Å². The summed E-state index contributed by atoms with van der Waals surface area (Å²) in [4.78, 5) is 37.1. The van der Waals surface area contributed by atoms with E-state index in [9.17, 15) is 19.7 Å². The van der Waals surface area contributed by atoms with Crippen LogP contribution in [0.4, 0.5) is 10.5 Å². The van der Waals surface area contributed by atoms with E-state index in [-0.39, 0.29) is 39.2 Å². The number of thioether (sulfide) groups is 1. The molecule has 0 N–H and O–H groups in total. The monoisotopic (exact) mass is 474 g/mol. The zero-order valence-electron chi connectivity index (χ0n) is 15.6. The molecule has 0 bridgehead atoms. The second-order valence-electron chi connectivity index (χ2n) is 6.51. The summed E-state index contributed by atoms with van der Waals surface area (Å²) in [5.41, 5.74) is 0.824. The molecule has 2 heterocycles. The van der Waals surface area contributed by atoms with Crippen molar-refractivity contribution in [1.82, 2.24) is 4.90 Å². The zero-order valence-corrected chi connectivity index (χ0v) is 17.9. The first-order valence-electron chi connectivity index (χ1n) is 8.86. The first-order chi connectivity index (χ1) is 14.8. The van der Waals surface area contributed by atoms with E-state index in [0.29, 0.717) is 5.02 Å². The number of imide groups is 1. The summed E-state index contributed by atoms with van der Waals surface area (Å²) in [6.07, 6.45) is 1.44. The highest BCUT2D eigenvalue weighted by Gasteiger charge is 2.35. The van der Waals surface area contributed by atoms with Crippen molar-refractivity contribution in [3.8, 4) is 11.3 Å². The van der Waals surface area contributed by atoms with E-state index in [1.54, 1.807) is 36.4 Å². The normalized spacial score (nSPS) is 15.2. The van der Waals surface area contributed by atoms with Crippen LogP contribution >= 0.6 is 35.0 Å². The lowest BCUT2D eigenvalue weighted by molar-refractivity contribution is -0.384. The molecular weight excluding hydrogens is 463 g/mol. The molecule has 2 amide bonds. The molecule has 0 atom stereocenters. The van der Waals surface area contributed by atoms with E-state index < -0.39 is 16.1 Å². The molecule has 31 heavy (non-hydrogen) atoms. The van der Waals surface area contributed by atoms with Crippen LogP contribution in [0.25, 0.3) is 17.4 Å². The molecule has 3 aromatic rings. The third-order valence-electron chi connectivity index (χ3n) is 4.45. The van der Waals surface area contributed by atoms with Gasteiger partial charge in [0.25, 0.3) is 16.8 Å². The number of carbonyl (C=O) groups is 2. The van der Waals surface area contributed by atoms with Crippen LogP contribution in [-0.4, -0.2) is 21.0 Å². The SMILES string of the molecule is O=C1S/C(=C/c2ccc(-c3ccc(Cl)cc3[N+](=O)[O-])o2)C(=O)N1Cc1ccc(Cl)cc1. The van der Waals surface area contributed by atoms with Gasteiger partial charge in [-0.15, -0.1) is 0 Å². The molecular formula is C21H12Cl2N2O5S. The summed E-state index contributed by atoms with van der Waals surface area (Å²) in [5.74, 6) is 0.0895. The molecule has 0 aliphatic carbocycles.